The first-order valence-electron chi connectivity index (χ1n) is 6.81. The lowest BCUT2D eigenvalue weighted by Crippen LogP contribution is -2.33. The SMILES string of the molecule is Cc1cccc2c1c1c(n2C)CCC(N(C)C)C1.Cl. The Morgan fingerprint density at radius 3 is 2.68 bits per heavy atom. The van der Waals surface area contributed by atoms with Gasteiger partial charge in [0.1, 0.15) is 0 Å². The molecule has 0 bridgehead atoms. The number of nitrogens with zero attached hydrogens (tertiary/aromatic N) is 2. The molecule has 1 aliphatic carbocycles. The van der Waals surface area contributed by atoms with E-state index in [-0.39, 0.29) is 12.4 Å². The molecule has 2 nitrogen and oxygen atoms in total. The molecule has 104 valence electrons. The number of rotatable bonds is 1. The van der Waals surface area contributed by atoms with E-state index in [1.54, 1.807) is 11.3 Å². The molecule has 1 heterocycles. The normalized spacial score (nSPS) is 18.5. The predicted molar refractivity (Wildman–Crippen MR) is 84.4 cm³/mol. The van der Waals surface area contributed by atoms with Crippen LogP contribution in [-0.2, 0) is 19.9 Å². The lowest BCUT2D eigenvalue weighted by atomic mass is 9.90. The topological polar surface area (TPSA) is 8.17 Å². The van der Waals surface area contributed by atoms with E-state index < -0.39 is 0 Å². The van der Waals surface area contributed by atoms with E-state index in [2.05, 4.69) is 55.7 Å². The maximum atomic E-state index is 2.41. The maximum absolute atomic E-state index is 2.41. The van der Waals surface area contributed by atoms with E-state index in [1.807, 2.05) is 0 Å². The van der Waals surface area contributed by atoms with E-state index in [1.165, 1.54) is 35.7 Å². The molecule has 0 aliphatic heterocycles. The van der Waals surface area contributed by atoms with Crippen LogP contribution in [0, 0.1) is 6.92 Å². The number of benzene rings is 1. The van der Waals surface area contributed by atoms with Crippen molar-refractivity contribution in [3.05, 3.63) is 35.0 Å². The Hall–Kier alpha value is -0.990. The Balaban J connectivity index is 0.00000133. The Morgan fingerprint density at radius 2 is 2.00 bits per heavy atom. The standard InChI is InChI=1S/C16H22N2.ClH/c1-11-6-5-7-15-16(11)13-10-12(17(2)3)8-9-14(13)18(15)4;/h5-7,12H,8-10H2,1-4H3;1H. The molecule has 1 unspecified atom stereocenters. The molecule has 3 heteroatoms. The van der Waals surface area contributed by atoms with Gasteiger partial charge < -0.3 is 9.47 Å². The summed E-state index contributed by atoms with van der Waals surface area (Å²) in [7, 11) is 6.62. The van der Waals surface area contributed by atoms with Crippen molar-refractivity contribution in [2.75, 3.05) is 14.1 Å². The monoisotopic (exact) mass is 278 g/mol. The lowest BCUT2D eigenvalue weighted by molar-refractivity contribution is 0.267. The number of hydrogen-bond donors (Lipinski definition) is 0. The molecule has 1 atom stereocenters. The van der Waals surface area contributed by atoms with Crippen molar-refractivity contribution in [2.45, 2.75) is 32.2 Å². The number of aryl methyl sites for hydroxylation is 2. The summed E-state index contributed by atoms with van der Waals surface area (Å²) in [6.07, 6.45) is 3.69. The molecule has 0 spiro atoms. The summed E-state index contributed by atoms with van der Waals surface area (Å²) in [5.41, 5.74) is 5.97. The molecule has 0 amide bonds. The highest BCUT2D eigenvalue weighted by atomic mass is 35.5. The second kappa shape index (κ2) is 5.18. The molecule has 3 rings (SSSR count). The third kappa shape index (κ3) is 2.17. The van der Waals surface area contributed by atoms with Gasteiger partial charge in [0.05, 0.1) is 0 Å². The van der Waals surface area contributed by atoms with Crippen molar-refractivity contribution in [3.8, 4) is 0 Å². The lowest BCUT2D eigenvalue weighted by Gasteiger charge is -2.29. The van der Waals surface area contributed by atoms with Crippen molar-refractivity contribution >= 4 is 23.3 Å². The molecule has 2 aromatic rings. The zero-order valence-corrected chi connectivity index (χ0v) is 13.0. The number of aromatic nitrogens is 1. The van der Waals surface area contributed by atoms with Crippen LogP contribution in [0.2, 0.25) is 0 Å². The zero-order valence-electron chi connectivity index (χ0n) is 12.2. The molecule has 19 heavy (non-hydrogen) atoms. The first kappa shape index (κ1) is 14.4. The molecule has 0 saturated carbocycles. The summed E-state index contributed by atoms with van der Waals surface area (Å²) in [6.45, 7) is 2.24. The average Bonchev–Trinajstić information content (AvgIpc) is 2.64. The number of halogens is 1. The second-order valence-electron chi connectivity index (χ2n) is 5.81. The van der Waals surface area contributed by atoms with Gasteiger partial charge in [0, 0.05) is 29.7 Å². The molecule has 1 aliphatic rings. The minimum absolute atomic E-state index is 0. The summed E-state index contributed by atoms with van der Waals surface area (Å²) >= 11 is 0. The largest absolute Gasteiger partial charge is 0.347 e. The number of fused-ring (bicyclic) bond motifs is 3. The second-order valence-corrected chi connectivity index (χ2v) is 5.81. The Morgan fingerprint density at radius 1 is 1.26 bits per heavy atom. The quantitative estimate of drug-likeness (QED) is 0.777. The molecule has 0 saturated heterocycles. The van der Waals surface area contributed by atoms with Gasteiger partial charge in [-0.3, -0.25) is 0 Å². The van der Waals surface area contributed by atoms with Crippen molar-refractivity contribution in [1.82, 2.24) is 9.47 Å². The van der Waals surface area contributed by atoms with Gasteiger partial charge in [0.2, 0.25) is 0 Å². The van der Waals surface area contributed by atoms with Crippen LogP contribution < -0.4 is 0 Å². The van der Waals surface area contributed by atoms with Crippen LogP contribution in [0.5, 0.6) is 0 Å². The van der Waals surface area contributed by atoms with E-state index in [0.29, 0.717) is 6.04 Å². The van der Waals surface area contributed by atoms with Gasteiger partial charge in [0.25, 0.3) is 0 Å². The summed E-state index contributed by atoms with van der Waals surface area (Å²) < 4.78 is 2.41. The van der Waals surface area contributed by atoms with Crippen LogP contribution >= 0.6 is 12.4 Å². The Bertz CT molecular complexity index is 598. The van der Waals surface area contributed by atoms with Gasteiger partial charge in [-0.05, 0) is 57.5 Å². The minimum atomic E-state index is 0. The maximum Gasteiger partial charge on any atom is 0.0485 e. The first-order chi connectivity index (χ1) is 8.59. The van der Waals surface area contributed by atoms with Crippen LogP contribution in [0.15, 0.2) is 18.2 Å². The third-order valence-corrected chi connectivity index (χ3v) is 4.55. The van der Waals surface area contributed by atoms with Gasteiger partial charge in [-0.2, -0.15) is 0 Å². The van der Waals surface area contributed by atoms with Crippen LogP contribution in [0.3, 0.4) is 0 Å². The van der Waals surface area contributed by atoms with Crippen LogP contribution in [-0.4, -0.2) is 29.6 Å². The minimum Gasteiger partial charge on any atom is -0.347 e. The number of likely N-dealkylation sites (N-methyl/N-ethyl adjacent to an activating group) is 1. The smallest absolute Gasteiger partial charge is 0.0485 e. The highest BCUT2D eigenvalue weighted by Crippen LogP contribution is 2.34. The van der Waals surface area contributed by atoms with Crippen molar-refractivity contribution in [2.24, 2.45) is 7.05 Å². The van der Waals surface area contributed by atoms with Gasteiger partial charge in [-0.15, -0.1) is 12.4 Å². The van der Waals surface area contributed by atoms with Gasteiger partial charge in [-0.25, -0.2) is 0 Å². The predicted octanol–water partition coefficient (Wildman–Crippen LogP) is 3.33. The van der Waals surface area contributed by atoms with Gasteiger partial charge >= 0.3 is 0 Å². The summed E-state index contributed by atoms with van der Waals surface area (Å²) in [5, 5.41) is 1.50. The van der Waals surface area contributed by atoms with E-state index in [4.69, 9.17) is 0 Å². The molecule has 0 fully saturated rings. The molecule has 1 aromatic heterocycles. The van der Waals surface area contributed by atoms with Crippen molar-refractivity contribution in [1.29, 1.82) is 0 Å². The zero-order chi connectivity index (χ0) is 12.9. The van der Waals surface area contributed by atoms with E-state index >= 15 is 0 Å². The van der Waals surface area contributed by atoms with E-state index in [0.717, 1.165) is 0 Å². The van der Waals surface area contributed by atoms with Gasteiger partial charge in [-0.1, -0.05) is 12.1 Å². The summed E-state index contributed by atoms with van der Waals surface area (Å²) in [4.78, 5) is 2.38. The fourth-order valence-electron chi connectivity index (χ4n) is 3.44. The van der Waals surface area contributed by atoms with E-state index in [9.17, 15) is 0 Å². The average molecular weight is 279 g/mol. The fraction of sp³-hybridized carbons (Fsp3) is 0.500. The van der Waals surface area contributed by atoms with Crippen LogP contribution in [0.25, 0.3) is 10.9 Å². The highest BCUT2D eigenvalue weighted by molar-refractivity contribution is 5.89. The Kier molecular flexibility index (Phi) is 3.93. The van der Waals surface area contributed by atoms with Crippen LogP contribution in [0.4, 0.5) is 0 Å². The third-order valence-electron chi connectivity index (χ3n) is 4.55. The fourth-order valence-corrected chi connectivity index (χ4v) is 3.44. The van der Waals surface area contributed by atoms with Crippen molar-refractivity contribution < 1.29 is 0 Å². The van der Waals surface area contributed by atoms with Crippen molar-refractivity contribution in [3.63, 3.8) is 0 Å². The summed E-state index contributed by atoms with van der Waals surface area (Å²) in [5.74, 6) is 0. The highest BCUT2D eigenvalue weighted by Gasteiger charge is 2.25. The first-order valence-corrected chi connectivity index (χ1v) is 6.81. The van der Waals surface area contributed by atoms with Gasteiger partial charge in [0.15, 0.2) is 0 Å². The molecular formula is C16H23ClN2. The molecule has 0 N–H and O–H groups in total. The summed E-state index contributed by atoms with van der Waals surface area (Å²) in [6, 6.07) is 7.36. The molecule has 0 radical (unpaired) electrons. The molecule has 1 aromatic carbocycles. The van der Waals surface area contributed by atoms with Crippen LogP contribution in [0.1, 0.15) is 23.2 Å². The number of hydrogen-bond acceptors (Lipinski definition) is 1. The molecular weight excluding hydrogens is 256 g/mol. The Labute approximate surface area is 121 Å².